The number of pyridine rings is 2. The molecular weight excluding hydrogens is 259 g/mol. The second kappa shape index (κ2) is 5.00. The Kier molecular flexibility index (Phi) is 3.04. The average Bonchev–Trinajstić information content (AvgIpc) is 2.93. The van der Waals surface area contributed by atoms with E-state index in [0.29, 0.717) is 23.2 Å². The SMILES string of the molecule is O=Cc1cn(-c2ccncc2)nc1-c1ccc(F)cn1. The van der Waals surface area contributed by atoms with Crippen LogP contribution >= 0.6 is 0 Å². The van der Waals surface area contributed by atoms with E-state index < -0.39 is 5.82 Å². The Morgan fingerprint density at radius 1 is 1.15 bits per heavy atom. The molecule has 0 aliphatic carbocycles. The van der Waals surface area contributed by atoms with Crippen molar-refractivity contribution in [3.05, 3.63) is 60.4 Å². The molecule has 3 aromatic heterocycles. The predicted molar refractivity (Wildman–Crippen MR) is 69.9 cm³/mol. The molecule has 3 rings (SSSR count). The molecule has 0 bridgehead atoms. The summed E-state index contributed by atoms with van der Waals surface area (Å²) in [5, 5.41) is 4.32. The summed E-state index contributed by atoms with van der Waals surface area (Å²) >= 11 is 0. The highest BCUT2D eigenvalue weighted by atomic mass is 19.1. The number of hydrogen-bond acceptors (Lipinski definition) is 4. The van der Waals surface area contributed by atoms with Gasteiger partial charge in [0.1, 0.15) is 11.5 Å². The molecule has 3 aromatic rings. The maximum absolute atomic E-state index is 12.9. The Bertz CT molecular complexity index is 738. The molecule has 0 saturated heterocycles. The smallest absolute Gasteiger partial charge is 0.153 e. The van der Waals surface area contributed by atoms with E-state index in [-0.39, 0.29) is 0 Å². The zero-order chi connectivity index (χ0) is 13.9. The van der Waals surface area contributed by atoms with Crippen LogP contribution < -0.4 is 0 Å². The quantitative estimate of drug-likeness (QED) is 0.684. The van der Waals surface area contributed by atoms with E-state index >= 15 is 0 Å². The second-order valence-corrected chi connectivity index (χ2v) is 4.06. The molecule has 0 spiro atoms. The molecule has 3 heterocycles. The Balaban J connectivity index is 2.10. The van der Waals surface area contributed by atoms with E-state index in [1.807, 2.05) is 0 Å². The third-order valence-electron chi connectivity index (χ3n) is 2.77. The van der Waals surface area contributed by atoms with Crippen molar-refractivity contribution in [3.63, 3.8) is 0 Å². The van der Waals surface area contributed by atoms with Crippen LogP contribution in [0.25, 0.3) is 17.1 Å². The first kappa shape index (κ1) is 12.2. The van der Waals surface area contributed by atoms with Gasteiger partial charge in [-0.1, -0.05) is 0 Å². The third-order valence-corrected chi connectivity index (χ3v) is 2.77. The summed E-state index contributed by atoms with van der Waals surface area (Å²) < 4.78 is 14.5. The maximum atomic E-state index is 12.9. The number of rotatable bonds is 3. The zero-order valence-corrected chi connectivity index (χ0v) is 10.3. The van der Waals surface area contributed by atoms with Gasteiger partial charge in [-0.25, -0.2) is 9.07 Å². The van der Waals surface area contributed by atoms with Gasteiger partial charge in [-0.2, -0.15) is 5.10 Å². The van der Waals surface area contributed by atoms with Crippen LogP contribution in [-0.4, -0.2) is 26.0 Å². The van der Waals surface area contributed by atoms with Crippen LogP contribution in [0.4, 0.5) is 4.39 Å². The molecule has 0 radical (unpaired) electrons. The lowest BCUT2D eigenvalue weighted by atomic mass is 10.2. The van der Waals surface area contributed by atoms with E-state index in [2.05, 4.69) is 15.1 Å². The fraction of sp³-hybridized carbons (Fsp3) is 0. The fourth-order valence-corrected chi connectivity index (χ4v) is 1.82. The molecule has 0 N–H and O–H groups in total. The van der Waals surface area contributed by atoms with Crippen LogP contribution in [-0.2, 0) is 0 Å². The van der Waals surface area contributed by atoms with Crippen LogP contribution in [0.3, 0.4) is 0 Å². The largest absolute Gasteiger partial charge is 0.298 e. The molecule has 0 aromatic carbocycles. The first-order valence-electron chi connectivity index (χ1n) is 5.85. The molecule has 0 aliphatic heterocycles. The Morgan fingerprint density at radius 2 is 1.95 bits per heavy atom. The molecule has 5 nitrogen and oxygen atoms in total. The highest BCUT2D eigenvalue weighted by Crippen LogP contribution is 2.20. The summed E-state index contributed by atoms with van der Waals surface area (Å²) in [6.07, 6.45) is 6.66. The maximum Gasteiger partial charge on any atom is 0.153 e. The lowest BCUT2D eigenvalue weighted by molar-refractivity contribution is 0.112. The molecule has 0 fully saturated rings. The van der Waals surface area contributed by atoms with Crippen LogP contribution in [0, 0.1) is 5.82 Å². The number of halogens is 1. The van der Waals surface area contributed by atoms with Crippen molar-refractivity contribution in [1.82, 2.24) is 19.7 Å². The lowest BCUT2D eigenvalue weighted by Crippen LogP contribution is -1.95. The number of carbonyl (C=O) groups excluding carboxylic acids is 1. The fourth-order valence-electron chi connectivity index (χ4n) is 1.82. The van der Waals surface area contributed by atoms with Gasteiger partial charge in [0, 0.05) is 18.6 Å². The highest BCUT2D eigenvalue weighted by Gasteiger charge is 2.12. The van der Waals surface area contributed by atoms with E-state index in [1.54, 1.807) is 35.4 Å². The van der Waals surface area contributed by atoms with E-state index in [0.717, 1.165) is 11.9 Å². The third kappa shape index (κ3) is 2.18. The van der Waals surface area contributed by atoms with Crippen molar-refractivity contribution in [2.45, 2.75) is 0 Å². The van der Waals surface area contributed by atoms with Crippen LogP contribution in [0.15, 0.2) is 49.1 Å². The van der Waals surface area contributed by atoms with Gasteiger partial charge >= 0.3 is 0 Å². The Hall–Kier alpha value is -2.89. The van der Waals surface area contributed by atoms with Gasteiger partial charge in [-0.15, -0.1) is 0 Å². The second-order valence-electron chi connectivity index (χ2n) is 4.06. The van der Waals surface area contributed by atoms with Crippen molar-refractivity contribution in [1.29, 1.82) is 0 Å². The number of carbonyl (C=O) groups is 1. The number of aldehydes is 1. The van der Waals surface area contributed by atoms with Crippen molar-refractivity contribution in [2.24, 2.45) is 0 Å². The normalized spacial score (nSPS) is 10.4. The van der Waals surface area contributed by atoms with Crippen LogP contribution in [0.1, 0.15) is 10.4 Å². The average molecular weight is 268 g/mol. The van der Waals surface area contributed by atoms with Gasteiger partial charge in [0.25, 0.3) is 0 Å². The molecule has 0 atom stereocenters. The summed E-state index contributed by atoms with van der Waals surface area (Å²) in [6, 6.07) is 6.30. The summed E-state index contributed by atoms with van der Waals surface area (Å²) in [5.41, 5.74) is 2.02. The summed E-state index contributed by atoms with van der Waals surface area (Å²) in [5.74, 6) is -0.435. The van der Waals surface area contributed by atoms with Gasteiger partial charge in [0.05, 0.1) is 23.1 Å². The van der Waals surface area contributed by atoms with Crippen molar-refractivity contribution >= 4 is 6.29 Å². The van der Waals surface area contributed by atoms with Crippen LogP contribution in [0.5, 0.6) is 0 Å². The summed E-state index contributed by atoms with van der Waals surface area (Å²) in [6.45, 7) is 0. The monoisotopic (exact) mass is 268 g/mol. The zero-order valence-electron chi connectivity index (χ0n) is 10.3. The number of aromatic nitrogens is 4. The van der Waals surface area contributed by atoms with Gasteiger partial charge in [0.2, 0.25) is 0 Å². The minimum atomic E-state index is -0.435. The Morgan fingerprint density at radius 3 is 2.60 bits per heavy atom. The minimum Gasteiger partial charge on any atom is -0.298 e. The molecule has 0 saturated carbocycles. The van der Waals surface area contributed by atoms with E-state index in [4.69, 9.17) is 0 Å². The lowest BCUT2D eigenvalue weighted by Gasteiger charge is -1.99. The van der Waals surface area contributed by atoms with E-state index in [1.165, 1.54) is 12.1 Å². The van der Waals surface area contributed by atoms with Crippen molar-refractivity contribution in [3.8, 4) is 17.1 Å². The molecular formula is C14H9FN4O. The van der Waals surface area contributed by atoms with Gasteiger partial charge in [-0.3, -0.25) is 14.8 Å². The van der Waals surface area contributed by atoms with Crippen molar-refractivity contribution in [2.75, 3.05) is 0 Å². The number of nitrogens with zero attached hydrogens (tertiary/aromatic N) is 4. The molecule has 0 unspecified atom stereocenters. The molecule has 20 heavy (non-hydrogen) atoms. The molecule has 6 heteroatoms. The van der Waals surface area contributed by atoms with Gasteiger partial charge in [-0.05, 0) is 24.3 Å². The summed E-state index contributed by atoms with van der Waals surface area (Å²) in [7, 11) is 0. The van der Waals surface area contributed by atoms with Crippen LogP contribution in [0.2, 0.25) is 0 Å². The summed E-state index contributed by atoms with van der Waals surface area (Å²) in [4.78, 5) is 19.0. The van der Waals surface area contributed by atoms with Gasteiger partial charge < -0.3 is 0 Å². The van der Waals surface area contributed by atoms with Crippen molar-refractivity contribution < 1.29 is 9.18 Å². The minimum absolute atomic E-state index is 0.390. The topological polar surface area (TPSA) is 60.7 Å². The van der Waals surface area contributed by atoms with E-state index in [9.17, 15) is 9.18 Å². The first-order chi connectivity index (χ1) is 9.78. The number of hydrogen-bond donors (Lipinski definition) is 0. The standard InChI is InChI=1S/C14H9FN4O/c15-11-1-2-13(17-7-11)14-10(9-20)8-19(18-14)12-3-5-16-6-4-12/h1-9H. The first-order valence-corrected chi connectivity index (χ1v) is 5.85. The van der Waals surface area contributed by atoms with Gasteiger partial charge in [0.15, 0.2) is 6.29 Å². The molecule has 0 amide bonds. The molecule has 0 aliphatic rings. The Labute approximate surface area is 113 Å². The predicted octanol–water partition coefficient (Wildman–Crippen LogP) is 2.28. The highest BCUT2D eigenvalue weighted by molar-refractivity contribution is 5.84. The molecule has 98 valence electrons.